The average Bonchev–Trinajstić information content (AvgIpc) is 2.41. The van der Waals surface area contributed by atoms with Crippen molar-refractivity contribution in [1.82, 2.24) is 0 Å². The van der Waals surface area contributed by atoms with Gasteiger partial charge in [0.25, 0.3) is 0 Å². The van der Waals surface area contributed by atoms with Crippen LogP contribution in [0.3, 0.4) is 0 Å². The molecule has 23 heavy (non-hydrogen) atoms. The fourth-order valence-electron chi connectivity index (χ4n) is 2.49. The van der Waals surface area contributed by atoms with Crippen LogP contribution in [-0.4, -0.2) is 19.3 Å². The van der Waals surface area contributed by atoms with E-state index in [0.717, 1.165) is 23.3 Å². The lowest BCUT2D eigenvalue weighted by molar-refractivity contribution is 0.201. The Morgan fingerprint density at radius 1 is 1.04 bits per heavy atom. The zero-order valence-electron chi connectivity index (χ0n) is 12.9. The van der Waals surface area contributed by atoms with Gasteiger partial charge in [0.2, 0.25) is 0 Å². The summed E-state index contributed by atoms with van der Waals surface area (Å²) in [5.74, 6) is -3.19. The van der Waals surface area contributed by atoms with Crippen molar-refractivity contribution in [2.24, 2.45) is 0 Å². The molecule has 6 heteroatoms. The summed E-state index contributed by atoms with van der Waals surface area (Å²) < 4.78 is 51.5. The Morgan fingerprint density at radius 2 is 1.57 bits per heavy atom. The third kappa shape index (κ3) is 4.59. The minimum Gasteiger partial charge on any atom is -0.387 e. The van der Waals surface area contributed by atoms with Gasteiger partial charge in [-0.25, -0.2) is 17.2 Å². The van der Waals surface area contributed by atoms with Crippen LogP contribution in [0.4, 0.5) is 8.78 Å². The molecule has 0 saturated carbocycles. The molecule has 2 rings (SSSR count). The number of rotatable bonds is 5. The molecule has 0 spiro atoms. The summed E-state index contributed by atoms with van der Waals surface area (Å²) in [6.07, 6.45) is -1.24. The van der Waals surface area contributed by atoms with E-state index < -0.39 is 44.6 Å². The number of halogens is 2. The van der Waals surface area contributed by atoms with E-state index in [1.54, 1.807) is 12.1 Å². The topological polar surface area (TPSA) is 54.4 Å². The van der Waals surface area contributed by atoms with E-state index in [1.807, 2.05) is 19.9 Å². The molecule has 2 aromatic carbocycles. The first-order valence-electron chi connectivity index (χ1n) is 7.07. The third-order valence-electron chi connectivity index (χ3n) is 3.47. The lowest BCUT2D eigenvalue weighted by Crippen LogP contribution is -2.18. The fourth-order valence-corrected chi connectivity index (χ4v) is 4.00. The highest BCUT2D eigenvalue weighted by atomic mass is 32.2. The van der Waals surface area contributed by atoms with Crippen LogP contribution in [0.25, 0.3) is 0 Å². The van der Waals surface area contributed by atoms with Gasteiger partial charge < -0.3 is 5.11 Å². The fraction of sp³-hybridized carbons (Fsp3) is 0.294. The Bertz CT molecular complexity index is 776. The summed E-state index contributed by atoms with van der Waals surface area (Å²) in [7, 11) is -3.88. The van der Waals surface area contributed by atoms with Crippen LogP contribution in [-0.2, 0) is 15.6 Å². The number of sulfone groups is 1. The largest absolute Gasteiger partial charge is 0.387 e. The van der Waals surface area contributed by atoms with Gasteiger partial charge in [0.05, 0.1) is 17.6 Å². The predicted octanol–water partition coefficient (Wildman–Crippen LogP) is 3.23. The number of hydrogen-bond acceptors (Lipinski definition) is 3. The van der Waals surface area contributed by atoms with Crippen LogP contribution in [0.5, 0.6) is 0 Å². The van der Waals surface area contributed by atoms with E-state index in [4.69, 9.17) is 0 Å². The van der Waals surface area contributed by atoms with Crippen molar-refractivity contribution in [1.29, 1.82) is 0 Å². The molecule has 124 valence electrons. The van der Waals surface area contributed by atoms with E-state index in [9.17, 15) is 22.3 Å². The molecule has 0 radical (unpaired) electrons. The van der Waals surface area contributed by atoms with Gasteiger partial charge in [-0.05, 0) is 31.5 Å². The predicted molar refractivity (Wildman–Crippen MR) is 84.7 cm³/mol. The van der Waals surface area contributed by atoms with Gasteiger partial charge in [-0.3, -0.25) is 0 Å². The van der Waals surface area contributed by atoms with E-state index in [-0.39, 0.29) is 0 Å². The lowest BCUT2D eigenvalue weighted by atomic mass is 10.0. The standard InChI is InChI=1S/C17H18F2O3S/c1-11-6-12(2)8-13(7-11)17(20)10-23(21,22)9-14-15(18)4-3-5-16(14)19/h3-8,17,20H,9-10H2,1-2H3. The van der Waals surface area contributed by atoms with Crippen LogP contribution in [0.1, 0.15) is 28.4 Å². The van der Waals surface area contributed by atoms with Crippen LogP contribution < -0.4 is 0 Å². The monoisotopic (exact) mass is 340 g/mol. The van der Waals surface area contributed by atoms with Crippen LogP contribution in [0, 0.1) is 25.5 Å². The summed E-state index contributed by atoms with van der Waals surface area (Å²) in [5.41, 5.74) is 1.77. The van der Waals surface area contributed by atoms with Gasteiger partial charge in [-0.1, -0.05) is 35.4 Å². The highest BCUT2D eigenvalue weighted by Gasteiger charge is 2.23. The van der Waals surface area contributed by atoms with Gasteiger partial charge in [-0.15, -0.1) is 0 Å². The van der Waals surface area contributed by atoms with Crippen LogP contribution in [0.2, 0.25) is 0 Å². The van der Waals surface area contributed by atoms with Crippen molar-refractivity contribution in [3.8, 4) is 0 Å². The minimum atomic E-state index is -3.88. The second kappa shape index (κ2) is 6.76. The SMILES string of the molecule is Cc1cc(C)cc(C(O)CS(=O)(=O)Cc2c(F)cccc2F)c1. The molecule has 0 aliphatic rings. The molecule has 0 fully saturated rings. The van der Waals surface area contributed by atoms with Crippen LogP contribution in [0.15, 0.2) is 36.4 Å². The van der Waals surface area contributed by atoms with Crippen LogP contribution >= 0.6 is 0 Å². The summed E-state index contributed by atoms with van der Waals surface area (Å²) in [6.45, 7) is 3.68. The molecular formula is C17H18F2O3S. The molecule has 0 aliphatic carbocycles. The van der Waals surface area contributed by atoms with Crippen molar-refractivity contribution < 1.29 is 22.3 Å². The minimum absolute atomic E-state index is 0.472. The second-order valence-corrected chi connectivity index (χ2v) is 7.80. The molecular weight excluding hydrogens is 322 g/mol. The van der Waals surface area contributed by atoms with Crippen molar-refractivity contribution >= 4 is 9.84 Å². The number of aliphatic hydroxyl groups excluding tert-OH is 1. The Labute approximate surface area is 134 Å². The van der Waals surface area contributed by atoms with Gasteiger partial charge >= 0.3 is 0 Å². The number of hydrogen-bond donors (Lipinski definition) is 1. The molecule has 1 atom stereocenters. The summed E-state index contributed by atoms with van der Waals surface area (Å²) in [6, 6.07) is 8.47. The number of aryl methyl sites for hydroxylation is 2. The molecule has 0 saturated heterocycles. The van der Waals surface area contributed by atoms with E-state index in [0.29, 0.717) is 5.56 Å². The first-order chi connectivity index (χ1) is 10.7. The highest BCUT2D eigenvalue weighted by Crippen LogP contribution is 2.22. The van der Waals surface area contributed by atoms with Crippen molar-refractivity contribution in [2.75, 3.05) is 5.75 Å². The van der Waals surface area contributed by atoms with Gasteiger partial charge in [0.1, 0.15) is 11.6 Å². The molecule has 0 aromatic heterocycles. The molecule has 0 aliphatic heterocycles. The Hall–Kier alpha value is -1.79. The third-order valence-corrected chi connectivity index (χ3v) is 5.02. The highest BCUT2D eigenvalue weighted by molar-refractivity contribution is 7.90. The van der Waals surface area contributed by atoms with Gasteiger partial charge in [0, 0.05) is 5.56 Å². The van der Waals surface area contributed by atoms with Crippen molar-refractivity contribution in [2.45, 2.75) is 25.7 Å². The summed E-state index contributed by atoms with van der Waals surface area (Å²) >= 11 is 0. The zero-order valence-corrected chi connectivity index (χ0v) is 13.7. The molecule has 2 aromatic rings. The molecule has 0 amide bonds. The molecule has 1 unspecified atom stereocenters. The number of benzene rings is 2. The Balaban J connectivity index is 2.21. The van der Waals surface area contributed by atoms with Crippen molar-refractivity contribution in [3.05, 3.63) is 70.3 Å². The van der Waals surface area contributed by atoms with Gasteiger partial charge in [-0.2, -0.15) is 0 Å². The van der Waals surface area contributed by atoms with E-state index >= 15 is 0 Å². The normalized spacial score (nSPS) is 13.1. The van der Waals surface area contributed by atoms with E-state index in [2.05, 4.69) is 0 Å². The second-order valence-electron chi connectivity index (χ2n) is 5.69. The number of aliphatic hydroxyl groups is 1. The Morgan fingerprint density at radius 3 is 2.09 bits per heavy atom. The average molecular weight is 340 g/mol. The van der Waals surface area contributed by atoms with Gasteiger partial charge in [0.15, 0.2) is 9.84 Å². The summed E-state index contributed by atoms with van der Waals surface area (Å²) in [4.78, 5) is 0. The molecule has 3 nitrogen and oxygen atoms in total. The van der Waals surface area contributed by atoms with Crippen molar-refractivity contribution in [3.63, 3.8) is 0 Å². The quantitative estimate of drug-likeness (QED) is 0.909. The maximum absolute atomic E-state index is 13.6. The maximum Gasteiger partial charge on any atom is 0.157 e. The smallest absolute Gasteiger partial charge is 0.157 e. The molecule has 0 bridgehead atoms. The molecule has 1 N–H and O–H groups in total. The molecule has 0 heterocycles. The van der Waals surface area contributed by atoms with E-state index in [1.165, 1.54) is 6.07 Å². The first kappa shape index (κ1) is 17.6. The Kier molecular flexibility index (Phi) is 5.16. The summed E-state index contributed by atoms with van der Waals surface area (Å²) in [5, 5.41) is 10.2. The first-order valence-corrected chi connectivity index (χ1v) is 8.89. The zero-order chi connectivity index (χ0) is 17.2. The lowest BCUT2D eigenvalue weighted by Gasteiger charge is -2.14. The maximum atomic E-state index is 13.6.